The largest absolute Gasteiger partial charge is 0.233 e. The third-order valence-corrected chi connectivity index (χ3v) is 2.85. The van der Waals surface area contributed by atoms with E-state index in [1.807, 2.05) is 26.0 Å². The lowest BCUT2D eigenvalue weighted by molar-refractivity contribution is 1.05. The summed E-state index contributed by atoms with van der Waals surface area (Å²) < 4.78 is 0. The second-order valence-corrected chi connectivity index (χ2v) is 4.16. The quantitative estimate of drug-likeness (QED) is 0.772. The number of halogens is 1. The average molecular weight is 244 g/mol. The number of nitrogens with zero attached hydrogens (tertiary/aromatic N) is 3. The molecule has 0 saturated heterocycles. The fourth-order valence-corrected chi connectivity index (χ4v) is 1.59. The van der Waals surface area contributed by atoms with Crippen molar-refractivity contribution < 1.29 is 0 Å². The highest BCUT2D eigenvalue weighted by atomic mass is 35.5. The number of nitriles is 1. The van der Waals surface area contributed by atoms with E-state index in [4.69, 9.17) is 16.9 Å². The molecular formula is C13H10ClN3. The zero-order chi connectivity index (χ0) is 12.4. The number of rotatable bonds is 1. The molecule has 0 radical (unpaired) electrons. The van der Waals surface area contributed by atoms with Gasteiger partial charge in [-0.3, -0.25) is 0 Å². The molecule has 84 valence electrons. The molecule has 2 aromatic rings. The van der Waals surface area contributed by atoms with Crippen LogP contribution in [0.1, 0.15) is 17.0 Å². The highest BCUT2D eigenvalue weighted by Crippen LogP contribution is 2.20. The van der Waals surface area contributed by atoms with E-state index in [1.54, 1.807) is 12.1 Å². The lowest BCUT2D eigenvalue weighted by atomic mass is 10.1. The second-order valence-electron chi connectivity index (χ2n) is 3.72. The summed E-state index contributed by atoms with van der Waals surface area (Å²) in [5.41, 5.74) is 2.92. The van der Waals surface area contributed by atoms with Crippen molar-refractivity contribution >= 4 is 11.6 Å². The Morgan fingerprint density at radius 2 is 1.76 bits per heavy atom. The summed E-state index contributed by atoms with van der Waals surface area (Å²) in [5.74, 6) is 0.557. The van der Waals surface area contributed by atoms with E-state index in [9.17, 15) is 0 Å². The van der Waals surface area contributed by atoms with Crippen molar-refractivity contribution in [1.29, 1.82) is 5.26 Å². The summed E-state index contributed by atoms with van der Waals surface area (Å²) in [4.78, 5) is 8.61. The minimum Gasteiger partial charge on any atom is -0.233 e. The van der Waals surface area contributed by atoms with Crippen LogP contribution < -0.4 is 0 Å². The molecular weight excluding hydrogens is 234 g/mol. The van der Waals surface area contributed by atoms with Gasteiger partial charge < -0.3 is 0 Å². The Morgan fingerprint density at radius 3 is 2.35 bits per heavy atom. The molecule has 17 heavy (non-hydrogen) atoms. The maximum atomic E-state index is 9.00. The Balaban J connectivity index is 2.57. The van der Waals surface area contributed by atoms with E-state index in [0.29, 0.717) is 16.5 Å². The molecule has 0 saturated carbocycles. The van der Waals surface area contributed by atoms with Gasteiger partial charge in [-0.15, -0.1) is 0 Å². The molecule has 0 N–H and O–H groups in total. The van der Waals surface area contributed by atoms with Crippen molar-refractivity contribution in [3.05, 3.63) is 46.2 Å². The molecule has 0 unspecified atom stereocenters. The van der Waals surface area contributed by atoms with Gasteiger partial charge in [0.25, 0.3) is 0 Å². The zero-order valence-electron chi connectivity index (χ0n) is 9.53. The first kappa shape index (κ1) is 11.6. The molecule has 4 heteroatoms. The van der Waals surface area contributed by atoms with E-state index >= 15 is 0 Å². The Hall–Kier alpha value is -1.92. The van der Waals surface area contributed by atoms with Crippen LogP contribution in [0.5, 0.6) is 0 Å². The minimum absolute atomic E-state index is 0.419. The van der Waals surface area contributed by atoms with Gasteiger partial charge in [-0.1, -0.05) is 11.6 Å². The lowest BCUT2D eigenvalue weighted by Gasteiger charge is -2.05. The molecule has 1 aromatic heterocycles. The normalized spacial score (nSPS) is 10.0. The van der Waals surface area contributed by atoms with E-state index in [-0.39, 0.29) is 0 Å². The summed E-state index contributed by atoms with van der Waals surface area (Å²) in [6.07, 6.45) is 0. The van der Waals surface area contributed by atoms with Crippen LogP contribution in [-0.2, 0) is 0 Å². The molecule has 0 atom stereocenters. The molecule has 0 amide bonds. The third kappa shape index (κ3) is 2.27. The van der Waals surface area contributed by atoms with E-state index in [2.05, 4.69) is 16.0 Å². The van der Waals surface area contributed by atoms with Crippen molar-refractivity contribution in [3.8, 4) is 17.5 Å². The summed E-state index contributed by atoms with van der Waals surface area (Å²) in [5, 5.41) is 9.66. The Kier molecular flexibility index (Phi) is 3.08. The topological polar surface area (TPSA) is 49.6 Å². The molecule has 3 nitrogen and oxygen atoms in total. The first-order chi connectivity index (χ1) is 8.11. The van der Waals surface area contributed by atoms with Crippen molar-refractivity contribution in [1.82, 2.24) is 9.97 Å². The van der Waals surface area contributed by atoms with Crippen LogP contribution in [0.25, 0.3) is 11.4 Å². The number of benzene rings is 1. The van der Waals surface area contributed by atoms with Gasteiger partial charge >= 0.3 is 0 Å². The monoisotopic (exact) mass is 243 g/mol. The van der Waals surface area contributed by atoms with Crippen LogP contribution in [-0.4, -0.2) is 9.97 Å². The summed E-state index contributed by atoms with van der Waals surface area (Å²) in [7, 11) is 0. The zero-order valence-corrected chi connectivity index (χ0v) is 10.3. The Bertz CT molecular complexity index is 597. The van der Waals surface area contributed by atoms with Crippen molar-refractivity contribution in [2.24, 2.45) is 0 Å². The number of hydrogen-bond donors (Lipinski definition) is 0. The van der Waals surface area contributed by atoms with Crippen LogP contribution in [0, 0.1) is 25.2 Å². The van der Waals surface area contributed by atoms with Crippen molar-refractivity contribution in [3.63, 3.8) is 0 Å². The first-order valence-corrected chi connectivity index (χ1v) is 5.51. The first-order valence-electron chi connectivity index (χ1n) is 5.13. The molecule has 0 aliphatic carbocycles. The number of aromatic nitrogens is 2. The maximum absolute atomic E-state index is 9.00. The summed E-state index contributed by atoms with van der Waals surface area (Å²) in [6.45, 7) is 3.72. The number of aryl methyl sites for hydroxylation is 1. The molecule has 2 rings (SSSR count). The third-order valence-electron chi connectivity index (χ3n) is 2.60. The SMILES string of the molecule is Cc1nc(-c2ccc(Cl)cc2)nc(C#N)c1C. The van der Waals surface area contributed by atoms with E-state index in [0.717, 1.165) is 16.8 Å². The standard InChI is InChI=1S/C13H10ClN3/c1-8-9(2)16-13(17-12(8)7-15)10-3-5-11(14)6-4-10/h3-6H,1-2H3. The molecule has 1 heterocycles. The highest BCUT2D eigenvalue weighted by Gasteiger charge is 2.08. The predicted molar refractivity (Wildman–Crippen MR) is 66.7 cm³/mol. The molecule has 0 bridgehead atoms. The molecule has 0 spiro atoms. The van der Waals surface area contributed by atoms with Crippen LogP contribution >= 0.6 is 11.6 Å². The highest BCUT2D eigenvalue weighted by molar-refractivity contribution is 6.30. The van der Waals surface area contributed by atoms with Crippen molar-refractivity contribution in [2.75, 3.05) is 0 Å². The minimum atomic E-state index is 0.419. The molecule has 0 fully saturated rings. The van der Waals surface area contributed by atoms with Crippen molar-refractivity contribution in [2.45, 2.75) is 13.8 Å². The van der Waals surface area contributed by atoms with Crippen LogP contribution in [0.4, 0.5) is 0 Å². The van der Waals surface area contributed by atoms with E-state index < -0.39 is 0 Å². The summed E-state index contributed by atoms with van der Waals surface area (Å²) in [6, 6.07) is 9.32. The molecule has 0 aliphatic heterocycles. The van der Waals surface area contributed by atoms with Gasteiger partial charge in [-0.2, -0.15) is 5.26 Å². The van der Waals surface area contributed by atoms with Crippen LogP contribution in [0.3, 0.4) is 0 Å². The smallest absolute Gasteiger partial charge is 0.160 e. The van der Waals surface area contributed by atoms with Gasteiger partial charge in [-0.05, 0) is 38.1 Å². The van der Waals surface area contributed by atoms with Gasteiger partial charge in [0.05, 0.1) is 0 Å². The van der Waals surface area contributed by atoms with Gasteiger partial charge in [0.2, 0.25) is 0 Å². The van der Waals surface area contributed by atoms with Gasteiger partial charge in [0.15, 0.2) is 5.82 Å². The number of hydrogen-bond acceptors (Lipinski definition) is 3. The predicted octanol–water partition coefficient (Wildman–Crippen LogP) is 3.29. The Morgan fingerprint density at radius 1 is 1.12 bits per heavy atom. The molecule has 0 aliphatic rings. The maximum Gasteiger partial charge on any atom is 0.160 e. The second kappa shape index (κ2) is 4.52. The van der Waals surface area contributed by atoms with Gasteiger partial charge in [0.1, 0.15) is 11.8 Å². The molecule has 1 aromatic carbocycles. The Labute approximate surface area is 105 Å². The fraction of sp³-hybridized carbons (Fsp3) is 0.154. The van der Waals surface area contributed by atoms with Crippen LogP contribution in [0.15, 0.2) is 24.3 Å². The summed E-state index contributed by atoms with van der Waals surface area (Å²) >= 11 is 5.82. The van der Waals surface area contributed by atoms with Crippen LogP contribution in [0.2, 0.25) is 5.02 Å². The average Bonchev–Trinajstić information content (AvgIpc) is 2.33. The van der Waals surface area contributed by atoms with Gasteiger partial charge in [-0.25, -0.2) is 9.97 Å². The lowest BCUT2D eigenvalue weighted by Crippen LogP contribution is -1.99. The fourth-order valence-electron chi connectivity index (χ4n) is 1.47. The van der Waals surface area contributed by atoms with Gasteiger partial charge in [0, 0.05) is 21.8 Å². The van der Waals surface area contributed by atoms with E-state index in [1.165, 1.54) is 0 Å².